The first kappa shape index (κ1) is 14.2. The maximum Gasteiger partial charge on any atom is 0.107 e. The predicted molar refractivity (Wildman–Crippen MR) is 81.6 cm³/mol. The van der Waals surface area contributed by atoms with Crippen LogP contribution in [0.4, 0.5) is 5.69 Å². The fourth-order valence-electron chi connectivity index (χ4n) is 2.79. The lowest BCUT2D eigenvalue weighted by molar-refractivity contribution is 0.208. The van der Waals surface area contributed by atoms with Gasteiger partial charge in [0.05, 0.1) is 11.3 Å². The highest BCUT2D eigenvalue weighted by Crippen LogP contribution is 2.28. The van der Waals surface area contributed by atoms with Crippen molar-refractivity contribution in [1.29, 1.82) is 0 Å². The number of hydrogen-bond donors (Lipinski definition) is 2. The Morgan fingerprint density at radius 3 is 2.95 bits per heavy atom. The molecule has 5 heteroatoms. The lowest BCUT2D eigenvalue weighted by atomic mass is 9.97. The standard InChI is InChI=1S/C14H21N3OS/c1-9-6-12(13(14(15)19)10(2)16-9)17-5-3-4-11(7-17)8-18/h6,11,18H,3-5,7-8H2,1-2H3,(H2,15,19). The van der Waals surface area contributed by atoms with Crippen molar-refractivity contribution in [3.63, 3.8) is 0 Å². The molecule has 1 atom stereocenters. The Morgan fingerprint density at radius 1 is 1.58 bits per heavy atom. The molecule has 3 N–H and O–H groups in total. The van der Waals surface area contributed by atoms with E-state index in [0.717, 1.165) is 48.6 Å². The van der Waals surface area contributed by atoms with Gasteiger partial charge in [-0.1, -0.05) is 12.2 Å². The fraction of sp³-hybridized carbons (Fsp3) is 0.571. The van der Waals surface area contributed by atoms with Gasteiger partial charge in [0, 0.05) is 31.1 Å². The molecule has 1 fully saturated rings. The second kappa shape index (κ2) is 5.84. The van der Waals surface area contributed by atoms with E-state index in [4.69, 9.17) is 18.0 Å². The van der Waals surface area contributed by atoms with Gasteiger partial charge in [-0.05, 0) is 38.7 Å². The Labute approximate surface area is 119 Å². The molecule has 19 heavy (non-hydrogen) atoms. The zero-order chi connectivity index (χ0) is 14.0. The van der Waals surface area contributed by atoms with E-state index in [0.29, 0.717) is 10.9 Å². The van der Waals surface area contributed by atoms with Crippen molar-refractivity contribution in [3.05, 3.63) is 23.0 Å². The van der Waals surface area contributed by atoms with E-state index < -0.39 is 0 Å². The first-order chi connectivity index (χ1) is 9.02. The van der Waals surface area contributed by atoms with Gasteiger partial charge in [0.1, 0.15) is 4.99 Å². The first-order valence-electron chi connectivity index (χ1n) is 6.66. The van der Waals surface area contributed by atoms with Crippen LogP contribution in [0.15, 0.2) is 6.07 Å². The van der Waals surface area contributed by atoms with Gasteiger partial charge in [-0.2, -0.15) is 0 Å². The van der Waals surface area contributed by atoms with Crippen LogP contribution in [0, 0.1) is 19.8 Å². The first-order valence-corrected chi connectivity index (χ1v) is 7.07. The van der Waals surface area contributed by atoms with Crippen LogP contribution in [0.2, 0.25) is 0 Å². The Bertz CT molecular complexity index is 490. The third-order valence-electron chi connectivity index (χ3n) is 3.67. The summed E-state index contributed by atoms with van der Waals surface area (Å²) in [5.41, 5.74) is 9.65. The summed E-state index contributed by atoms with van der Waals surface area (Å²) in [6.45, 7) is 6.00. The van der Waals surface area contributed by atoms with Crippen molar-refractivity contribution in [2.75, 3.05) is 24.6 Å². The number of hydrogen-bond acceptors (Lipinski definition) is 4. The van der Waals surface area contributed by atoms with E-state index in [9.17, 15) is 5.11 Å². The molecule has 0 spiro atoms. The number of thiocarbonyl (C=S) groups is 1. The summed E-state index contributed by atoms with van der Waals surface area (Å²) in [7, 11) is 0. The zero-order valence-electron chi connectivity index (χ0n) is 11.5. The number of aromatic nitrogens is 1. The number of nitrogens with zero attached hydrogens (tertiary/aromatic N) is 2. The Kier molecular flexibility index (Phi) is 4.37. The summed E-state index contributed by atoms with van der Waals surface area (Å²) in [6, 6.07) is 2.04. The summed E-state index contributed by atoms with van der Waals surface area (Å²) in [6.07, 6.45) is 2.17. The van der Waals surface area contributed by atoms with Crippen molar-refractivity contribution in [1.82, 2.24) is 4.98 Å². The second-order valence-electron chi connectivity index (χ2n) is 5.24. The van der Waals surface area contributed by atoms with Crippen LogP contribution < -0.4 is 10.6 Å². The highest BCUT2D eigenvalue weighted by molar-refractivity contribution is 7.80. The van der Waals surface area contributed by atoms with Gasteiger partial charge >= 0.3 is 0 Å². The third-order valence-corrected chi connectivity index (χ3v) is 3.88. The molecule has 1 aliphatic rings. The van der Waals surface area contributed by atoms with Crippen molar-refractivity contribution in [2.24, 2.45) is 11.7 Å². The summed E-state index contributed by atoms with van der Waals surface area (Å²) < 4.78 is 0. The second-order valence-corrected chi connectivity index (χ2v) is 5.68. The monoisotopic (exact) mass is 279 g/mol. The van der Waals surface area contributed by atoms with E-state index in [2.05, 4.69) is 9.88 Å². The van der Waals surface area contributed by atoms with Gasteiger partial charge in [-0.15, -0.1) is 0 Å². The SMILES string of the molecule is Cc1cc(N2CCCC(CO)C2)c(C(N)=S)c(C)n1. The maximum atomic E-state index is 9.35. The lowest BCUT2D eigenvalue weighted by Gasteiger charge is -2.35. The van der Waals surface area contributed by atoms with E-state index in [1.165, 1.54) is 0 Å². The van der Waals surface area contributed by atoms with Crippen LogP contribution in [0.25, 0.3) is 0 Å². The number of anilines is 1. The van der Waals surface area contributed by atoms with Crippen LogP contribution in [0.3, 0.4) is 0 Å². The molecule has 0 radical (unpaired) electrons. The molecular formula is C14H21N3OS. The Hall–Kier alpha value is -1.20. The van der Waals surface area contributed by atoms with Crippen LogP contribution in [-0.2, 0) is 0 Å². The Morgan fingerprint density at radius 2 is 2.32 bits per heavy atom. The molecule has 2 rings (SSSR count). The average Bonchev–Trinajstić information content (AvgIpc) is 2.37. The van der Waals surface area contributed by atoms with E-state index >= 15 is 0 Å². The van der Waals surface area contributed by atoms with E-state index in [1.807, 2.05) is 19.9 Å². The van der Waals surface area contributed by atoms with Gasteiger partial charge < -0.3 is 15.7 Å². The minimum absolute atomic E-state index is 0.238. The van der Waals surface area contributed by atoms with E-state index in [1.54, 1.807) is 0 Å². The molecule has 1 aromatic rings. The quantitative estimate of drug-likeness (QED) is 0.822. The van der Waals surface area contributed by atoms with Crippen LogP contribution in [-0.4, -0.2) is 34.8 Å². The van der Waals surface area contributed by atoms with Gasteiger partial charge in [0.15, 0.2) is 0 Å². The van der Waals surface area contributed by atoms with Crippen LogP contribution >= 0.6 is 12.2 Å². The van der Waals surface area contributed by atoms with Gasteiger partial charge in [0.25, 0.3) is 0 Å². The topological polar surface area (TPSA) is 62.4 Å². The largest absolute Gasteiger partial charge is 0.396 e. The molecule has 2 heterocycles. The number of piperidine rings is 1. The maximum absolute atomic E-state index is 9.35. The minimum Gasteiger partial charge on any atom is -0.396 e. The third kappa shape index (κ3) is 3.04. The molecule has 0 amide bonds. The van der Waals surface area contributed by atoms with Crippen molar-refractivity contribution >= 4 is 22.9 Å². The fourth-order valence-corrected chi connectivity index (χ4v) is 3.05. The number of aryl methyl sites for hydroxylation is 2. The normalized spacial score (nSPS) is 19.5. The predicted octanol–water partition coefficient (Wildman–Crippen LogP) is 1.54. The highest BCUT2D eigenvalue weighted by atomic mass is 32.1. The van der Waals surface area contributed by atoms with Gasteiger partial charge in [-0.25, -0.2) is 0 Å². The van der Waals surface area contributed by atoms with Gasteiger partial charge in [0.2, 0.25) is 0 Å². The molecule has 0 aromatic carbocycles. The summed E-state index contributed by atoms with van der Waals surface area (Å²) in [5.74, 6) is 0.335. The van der Waals surface area contributed by atoms with Crippen LogP contribution in [0.5, 0.6) is 0 Å². The number of aliphatic hydroxyl groups excluding tert-OH is 1. The zero-order valence-corrected chi connectivity index (χ0v) is 12.3. The number of pyridine rings is 1. The lowest BCUT2D eigenvalue weighted by Crippen LogP contribution is -2.38. The molecule has 0 saturated carbocycles. The molecule has 1 saturated heterocycles. The summed E-state index contributed by atoms with van der Waals surface area (Å²) in [5, 5.41) is 9.35. The number of nitrogens with two attached hydrogens (primary N) is 1. The van der Waals surface area contributed by atoms with Gasteiger partial charge in [-0.3, -0.25) is 4.98 Å². The molecule has 1 unspecified atom stereocenters. The van der Waals surface area contributed by atoms with E-state index in [-0.39, 0.29) is 6.61 Å². The average molecular weight is 279 g/mol. The van der Waals surface area contributed by atoms with Crippen molar-refractivity contribution in [3.8, 4) is 0 Å². The molecule has 0 aliphatic carbocycles. The molecule has 104 valence electrons. The highest BCUT2D eigenvalue weighted by Gasteiger charge is 2.23. The molecule has 1 aromatic heterocycles. The molecular weight excluding hydrogens is 258 g/mol. The molecule has 4 nitrogen and oxygen atoms in total. The number of rotatable bonds is 3. The van der Waals surface area contributed by atoms with Crippen molar-refractivity contribution < 1.29 is 5.11 Å². The molecule has 1 aliphatic heterocycles. The number of aliphatic hydroxyl groups is 1. The Balaban J connectivity index is 2.40. The smallest absolute Gasteiger partial charge is 0.107 e. The minimum atomic E-state index is 0.238. The van der Waals surface area contributed by atoms with Crippen molar-refractivity contribution in [2.45, 2.75) is 26.7 Å². The summed E-state index contributed by atoms with van der Waals surface area (Å²) >= 11 is 5.17. The summed E-state index contributed by atoms with van der Waals surface area (Å²) in [4.78, 5) is 7.12. The van der Waals surface area contributed by atoms with Crippen LogP contribution in [0.1, 0.15) is 29.8 Å². The molecule has 0 bridgehead atoms.